The van der Waals surface area contributed by atoms with Crippen molar-refractivity contribution in [2.24, 2.45) is 0 Å². The summed E-state index contributed by atoms with van der Waals surface area (Å²) in [5.41, 5.74) is 1.34. The normalized spacial score (nSPS) is 10.5. The van der Waals surface area contributed by atoms with Crippen molar-refractivity contribution in [3.63, 3.8) is 0 Å². The summed E-state index contributed by atoms with van der Waals surface area (Å²) in [6.07, 6.45) is 0. The van der Waals surface area contributed by atoms with Crippen molar-refractivity contribution >= 4 is 39.1 Å². The van der Waals surface area contributed by atoms with Gasteiger partial charge in [0.2, 0.25) is 0 Å². The molecule has 0 aromatic heterocycles. The summed E-state index contributed by atoms with van der Waals surface area (Å²) in [4.78, 5) is 0. The Bertz CT molecular complexity index is 590. The van der Waals surface area contributed by atoms with E-state index in [1.54, 1.807) is 18.2 Å². The van der Waals surface area contributed by atoms with Crippen LogP contribution in [0.5, 0.6) is 5.75 Å². The van der Waals surface area contributed by atoms with E-state index in [1.807, 2.05) is 12.1 Å². The Kier molecular flexibility index (Phi) is 5.08. The van der Waals surface area contributed by atoms with Crippen LogP contribution in [0.15, 0.2) is 40.9 Å². The van der Waals surface area contributed by atoms with Crippen LogP contribution >= 0.6 is 39.1 Å². The van der Waals surface area contributed by atoms with Crippen molar-refractivity contribution in [1.82, 2.24) is 0 Å². The van der Waals surface area contributed by atoms with Crippen molar-refractivity contribution in [3.05, 3.63) is 62.8 Å². The van der Waals surface area contributed by atoms with Gasteiger partial charge in [-0.15, -0.1) is 11.6 Å². The Morgan fingerprint density at radius 2 is 1.95 bits per heavy atom. The number of rotatable bonds is 4. The number of alkyl halides is 1. The lowest BCUT2D eigenvalue weighted by molar-refractivity contribution is 0.299. The Morgan fingerprint density at radius 3 is 2.68 bits per heavy atom. The van der Waals surface area contributed by atoms with Crippen molar-refractivity contribution in [3.8, 4) is 5.75 Å². The molecule has 2 aromatic rings. The summed E-state index contributed by atoms with van der Waals surface area (Å²) in [5, 5.41) is 0.0957. The van der Waals surface area contributed by atoms with Gasteiger partial charge in [-0.05, 0) is 29.8 Å². The molecule has 0 aliphatic heterocycles. The molecular weight excluding hydrogens is 354 g/mol. The molecule has 0 atom stereocenters. The molecule has 0 amide bonds. The highest BCUT2D eigenvalue weighted by atomic mass is 79.9. The average molecular weight is 364 g/mol. The van der Waals surface area contributed by atoms with Gasteiger partial charge in [-0.3, -0.25) is 0 Å². The molecule has 100 valence electrons. The van der Waals surface area contributed by atoms with Crippen LogP contribution in [-0.2, 0) is 12.5 Å². The van der Waals surface area contributed by atoms with Gasteiger partial charge in [0, 0.05) is 15.9 Å². The van der Waals surface area contributed by atoms with E-state index in [4.69, 9.17) is 27.9 Å². The predicted molar refractivity (Wildman–Crippen MR) is 79.4 cm³/mol. The molecule has 0 saturated carbocycles. The maximum absolute atomic E-state index is 13.7. The molecule has 2 aromatic carbocycles. The van der Waals surface area contributed by atoms with Gasteiger partial charge in [0.25, 0.3) is 0 Å². The minimum Gasteiger partial charge on any atom is -0.489 e. The van der Waals surface area contributed by atoms with Crippen LogP contribution in [0.25, 0.3) is 0 Å². The van der Waals surface area contributed by atoms with E-state index in [1.165, 1.54) is 6.07 Å². The third-order valence-corrected chi connectivity index (χ3v) is 3.94. The third-order valence-electron chi connectivity index (χ3n) is 2.59. The second-order valence-corrected chi connectivity index (χ2v) is 5.42. The topological polar surface area (TPSA) is 9.23 Å². The molecule has 0 fully saturated rings. The fraction of sp³-hybridized carbons (Fsp3) is 0.143. The van der Waals surface area contributed by atoms with Gasteiger partial charge < -0.3 is 4.74 Å². The first-order valence-electron chi connectivity index (χ1n) is 5.52. The van der Waals surface area contributed by atoms with Crippen molar-refractivity contribution in [2.45, 2.75) is 12.5 Å². The van der Waals surface area contributed by atoms with Crippen LogP contribution in [0.4, 0.5) is 4.39 Å². The predicted octanol–water partition coefficient (Wildman–Crippen LogP) is 5.56. The molecular formula is C14H10BrCl2FO. The Balaban J connectivity index is 2.12. The lowest BCUT2D eigenvalue weighted by Crippen LogP contribution is -1.99. The van der Waals surface area contributed by atoms with Crippen molar-refractivity contribution in [1.29, 1.82) is 0 Å². The molecule has 1 nitrogen and oxygen atoms in total. The number of benzene rings is 2. The zero-order valence-electron chi connectivity index (χ0n) is 9.80. The van der Waals surface area contributed by atoms with Crippen LogP contribution in [-0.4, -0.2) is 0 Å². The monoisotopic (exact) mass is 362 g/mol. The fourth-order valence-electron chi connectivity index (χ4n) is 1.56. The summed E-state index contributed by atoms with van der Waals surface area (Å²) in [6, 6.07) is 10.3. The van der Waals surface area contributed by atoms with Crippen LogP contribution < -0.4 is 4.74 Å². The standard InChI is InChI=1S/C14H10BrCl2FO/c15-12-5-4-11(6-10(12)7-16)19-8-9-2-1-3-13(17)14(9)18/h1-6H,7-8H2. The molecule has 0 aliphatic carbocycles. The zero-order valence-corrected chi connectivity index (χ0v) is 12.9. The number of ether oxygens (including phenoxy) is 1. The molecule has 0 N–H and O–H groups in total. The van der Waals surface area contributed by atoms with E-state index in [0.29, 0.717) is 17.2 Å². The highest BCUT2D eigenvalue weighted by Crippen LogP contribution is 2.25. The van der Waals surface area contributed by atoms with E-state index in [0.717, 1.165) is 10.0 Å². The maximum atomic E-state index is 13.7. The van der Waals surface area contributed by atoms with Crippen LogP contribution in [0.1, 0.15) is 11.1 Å². The van der Waals surface area contributed by atoms with Crippen LogP contribution in [0, 0.1) is 5.82 Å². The highest BCUT2D eigenvalue weighted by molar-refractivity contribution is 9.10. The smallest absolute Gasteiger partial charge is 0.148 e. The fourth-order valence-corrected chi connectivity index (χ4v) is 2.53. The van der Waals surface area contributed by atoms with Crippen LogP contribution in [0.2, 0.25) is 5.02 Å². The Hall–Kier alpha value is -0.770. The number of hydrogen-bond acceptors (Lipinski definition) is 1. The first-order valence-corrected chi connectivity index (χ1v) is 7.22. The van der Waals surface area contributed by atoms with E-state index in [9.17, 15) is 4.39 Å². The Morgan fingerprint density at radius 1 is 1.16 bits per heavy atom. The Labute approximate surface area is 129 Å². The minimum absolute atomic E-state index is 0.0957. The lowest BCUT2D eigenvalue weighted by Gasteiger charge is -2.09. The summed E-state index contributed by atoms with van der Waals surface area (Å²) in [5.74, 6) is 0.570. The minimum atomic E-state index is -0.446. The van der Waals surface area contributed by atoms with Crippen LogP contribution in [0.3, 0.4) is 0 Å². The molecule has 0 spiro atoms. The van der Waals surface area contributed by atoms with Gasteiger partial charge in [0.15, 0.2) is 0 Å². The first kappa shape index (κ1) is 14.6. The molecule has 0 radical (unpaired) electrons. The molecule has 2 rings (SSSR count). The van der Waals surface area contributed by atoms with Crippen molar-refractivity contribution in [2.75, 3.05) is 0 Å². The molecule has 19 heavy (non-hydrogen) atoms. The molecule has 0 saturated heterocycles. The largest absolute Gasteiger partial charge is 0.489 e. The zero-order chi connectivity index (χ0) is 13.8. The quantitative estimate of drug-likeness (QED) is 0.646. The summed E-state index contributed by atoms with van der Waals surface area (Å²) >= 11 is 14.9. The lowest BCUT2D eigenvalue weighted by atomic mass is 10.2. The van der Waals surface area contributed by atoms with Gasteiger partial charge in [0.1, 0.15) is 18.2 Å². The second kappa shape index (κ2) is 6.60. The third kappa shape index (κ3) is 3.62. The molecule has 5 heteroatoms. The highest BCUT2D eigenvalue weighted by Gasteiger charge is 2.07. The summed E-state index contributed by atoms with van der Waals surface area (Å²) in [7, 11) is 0. The second-order valence-electron chi connectivity index (χ2n) is 3.89. The van der Waals surface area contributed by atoms with E-state index in [-0.39, 0.29) is 11.6 Å². The van der Waals surface area contributed by atoms with Crippen molar-refractivity contribution < 1.29 is 9.13 Å². The van der Waals surface area contributed by atoms with E-state index in [2.05, 4.69) is 15.9 Å². The first-order chi connectivity index (χ1) is 9.11. The van der Waals surface area contributed by atoms with Gasteiger partial charge >= 0.3 is 0 Å². The number of halogens is 4. The van der Waals surface area contributed by atoms with E-state index >= 15 is 0 Å². The molecule has 0 bridgehead atoms. The van der Waals surface area contributed by atoms with Gasteiger partial charge in [-0.1, -0.05) is 39.7 Å². The molecule has 0 heterocycles. The average Bonchev–Trinajstić information content (AvgIpc) is 2.42. The van der Waals surface area contributed by atoms with Gasteiger partial charge in [0.05, 0.1) is 5.02 Å². The summed E-state index contributed by atoms with van der Waals surface area (Å²) in [6.45, 7) is 0.121. The SMILES string of the molecule is Fc1c(Cl)cccc1COc1ccc(Br)c(CCl)c1. The number of hydrogen-bond donors (Lipinski definition) is 0. The summed E-state index contributed by atoms with van der Waals surface area (Å²) < 4.78 is 20.1. The maximum Gasteiger partial charge on any atom is 0.148 e. The van der Waals surface area contributed by atoms with E-state index < -0.39 is 5.82 Å². The van der Waals surface area contributed by atoms with Gasteiger partial charge in [-0.2, -0.15) is 0 Å². The molecule has 0 aliphatic rings. The molecule has 0 unspecified atom stereocenters. The van der Waals surface area contributed by atoms with Gasteiger partial charge in [-0.25, -0.2) is 4.39 Å².